The lowest BCUT2D eigenvalue weighted by atomic mass is 10.1. The number of nitrogens with zero attached hydrogens (tertiary/aromatic N) is 3. The third kappa shape index (κ3) is 3.83. The molecule has 1 amide bonds. The van der Waals surface area contributed by atoms with Crippen LogP contribution in [0.2, 0.25) is 0 Å². The van der Waals surface area contributed by atoms with Crippen LogP contribution in [0.1, 0.15) is 20.1 Å². The number of imidazole rings is 1. The summed E-state index contributed by atoms with van der Waals surface area (Å²) in [7, 11) is 1.29. The Hall–Kier alpha value is -2.37. The first-order valence-electron chi connectivity index (χ1n) is 7.61. The first-order valence-corrected chi connectivity index (χ1v) is 7.61. The molecule has 0 radical (unpaired) electrons. The number of hydrogen-bond donors (Lipinski definition) is 4. The molecule has 0 fully saturated rings. The molecule has 5 N–H and O–H groups in total. The lowest BCUT2D eigenvalue weighted by molar-refractivity contribution is -0.118. The Morgan fingerprint density at radius 1 is 1.56 bits per heavy atom. The quantitative estimate of drug-likeness (QED) is 0.523. The van der Waals surface area contributed by atoms with Crippen molar-refractivity contribution in [2.45, 2.75) is 32.3 Å². The number of nitrogens with one attached hydrogen (secondary N) is 2. The second-order valence-electron chi connectivity index (χ2n) is 5.79. The molecule has 2 aromatic rings. The molecule has 0 unspecified atom stereocenters. The summed E-state index contributed by atoms with van der Waals surface area (Å²) >= 11 is 0. The molecular formula is C14H21FN6O4. The lowest BCUT2D eigenvalue weighted by Gasteiger charge is -2.24. The van der Waals surface area contributed by atoms with Gasteiger partial charge in [0, 0.05) is 13.0 Å². The highest BCUT2D eigenvalue weighted by Crippen LogP contribution is 2.20. The number of hydrogen-bond acceptors (Lipinski definition) is 7. The molecular weight excluding hydrogens is 335 g/mol. The molecule has 10 nitrogen and oxygen atoms in total. The molecule has 0 aliphatic carbocycles. The van der Waals surface area contributed by atoms with Gasteiger partial charge in [0.15, 0.2) is 17.5 Å². The Balaban J connectivity index is 2.43. The number of aromatic amines is 1. The molecule has 2 rings (SSSR count). The van der Waals surface area contributed by atoms with Crippen LogP contribution >= 0.6 is 0 Å². The van der Waals surface area contributed by atoms with Crippen molar-refractivity contribution >= 4 is 23.0 Å². The maximum Gasteiger partial charge on any atom is 0.280 e. The molecule has 0 saturated heterocycles. The molecule has 2 heterocycles. The van der Waals surface area contributed by atoms with Gasteiger partial charge in [-0.25, -0.2) is 9.37 Å². The van der Waals surface area contributed by atoms with Gasteiger partial charge in [0.05, 0.1) is 25.1 Å². The number of anilines is 1. The molecule has 0 bridgehead atoms. The molecule has 25 heavy (non-hydrogen) atoms. The topological polar surface area (TPSA) is 148 Å². The van der Waals surface area contributed by atoms with Crippen molar-refractivity contribution in [2.75, 3.05) is 19.0 Å². The zero-order valence-electron chi connectivity index (χ0n) is 14.1. The highest BCUT2D eigenvalue weighted by Gasteiger charge is 2.29. The number of nitrogens with two attached hydrogens (primary N) is 1. The van der Waals surface area contributed by atoms with Gasteiger partial charge >= 0.3 is 0 Å². The zero-order chi connectivity index (χ0) is 18.7. The van der Waals surface area contributed by atoms with E-state index in [-0.39, 0.29) is 28.9 Å². The van der Waals surface area contributed by atoms with Crippen molar-refractivity contribution in [2.24, 2.45) is 11.7 Å². The van der Waals surface area contributed by atoms with E-state index < -0.39 is 30.6 Å². The standard InChI is InChI=1S/C14H21FN6O4/c1-6(2)12(23)19-14-18-11-9(13(24)20-14)17-5-21(11)10(15)8(16)7(4-22)25-3/h5-8,10,22H,4,16H2,1-3H3,(H2,18,19,20,23,24)/t7-,8-,10+/m1/s1. The zero-order valence-corrected chi connectivity index (χ0v) is 14.1. The molecule has 3 atom stereocenters. The number of H-pyrrole nitrogens is 1. The Kier molecular flexibility index (Phi) is 5.82. The molecule has 2 aromatic heterocycles. The van der Waals surface area contributed by atoms with Crippen LogP contribution < -0.4 is 16.6 Å². The number of halogens is 1. The second-order valence-corrected chi connectivity index (χ2v) is 5.79. The average molecular weight is 356 g/mol. The number of carbonyl (C=O) groups excluding carboxylic acids is 1. The van der Waals surface area contributed by atoms with Gasteiger partial charge in [-0.05, 0) is 0 Å². The number of fused-ring (bicyclic) bond motifs is 1. The van der Waals surface area contributed by atoms with E-state index in [1.165, 1.54) is 7.11 Å². The lowest BCUT2D eigenvalue weighted by Crippen LogP contribution is -2.43. The van der Waals surface area contributed by atoms with E-state index in [9.17, 15) is 19.1 Å². The number of aliphatic hydroxyl groups excluding tert-OH is 1. The van der Waals surface area contributed by atoms with Crippen LogP contribution in [0.25, 0.3) is 11.2 Å². The molecule has 0 aromatic carbocycles. The summed E-state index contributed by atoms with van der Waals surface area (Å²) in [5.74, 6) is -0.814. The molecule has 138 valence electrons. The van der Waals surface area contributed by atoms with Crippen LogP contribution in [0, 0.1) is 5.92 Å². The highest BCUT2D eigenvalue weighted by molar-refractivity contribution is 5.91. The number of carbonyl (C=O) groups is 1. The van der Waals surface area contributed by atoms with Gasteiger partial charge < -0.3 is 15.6 Å². The first kappa shape index (κ1) is 19.0. The van der Waals surface area contributed by atoms with E-state index in [1.54, 1.807) is 13.8 Å². The third-order valence-electron chi connectivity index (χ3n) is 3.69. The van der Waals surface area contributed by atoms with Gasteiger partial charge in [-0.1, -0.05) is 13.8 Å². The van der Waals surface area contributed by atoms with Crippen LogP contribution in [0.3, 0.4) is 0 Å². The van der Waals surface area contributed by atoms with Gasteiger partial charge in [-0.3, -0.25) is 24.5 Å². The summed E-state index contributed by atoms with van der Waals surface area (Å²) in [6, 6.07) is -1.22. The van der Waals surface area contributed by atoms with Crippen molar-refractivity contribution in [1.82, 2.24) is 19.5 Å². The number of ether oxygens (including phenoxy) is 1. The van der Waals surface area contributed by atoms with Crippen LogP contribution in [-0.2, 0) is 9.53 Å². The summed E-state index contributed by atoms with van der Waals surface area (Å²) in [4.78, 5) is 34.1. The van der Waals surface area contributed by atoms with Crippen molar-refractivity contribution in [3.05, 3.63) is 16.7 Å². The monoisotopic (exact) mass is 356 g/mol. The SMILES string of the molecule is CO[C@H](CO)[C@@H](N)[C@@H](F)n1cnc2c(=O)[nH]c(NC(=O)C(C)C)nc21. The number of alkyl halides is 1. The van der Waals surface area contributed by atoms with Crippen molar-refractivity contribution in [1.29, 1.82) is 0 Å². The highest BCUT2D eigenvalue weighted by atomic mass is 19.1. The summed E-state index contributed by atoms with van der Waals surface area (Å²) in [6.07, 6.45) is -1.73. The second kappa shape index (κ2) is 7.68. The smallest absolute Gasteiger partial charge is 0.280 e. The van der Waals surface area contributed by atoms with Gasteiger partial charge in [-0.2, -0.15) is 4.98 Å². The van der Waals surface area contributed by atoms with Gasteiger partial charge in [-0.15, -0.1) is 0 Å². The number of rotatable bonds is 7. The first-order chi connectivity index (χ1) is 11.8. The fraction of sp³-hybridized carbons (Fsp3) is 0.571. The largest absolute Gasteiger partial charge is 0.394 e. The molecule has 0 aliphatic rings. The van der Waals surface area contributed by atoms with Crippen molar-refractivity contribution in [3.63, 3.8) is 0 Å². The van der Waals surface area contributed by atoms with E-state index in [0.29, 0.717) is 0 Å². The van der Waals surface area contributed by atoms with E-state index in [2.05, 4.69) is 20.3 Å². The molecule has 0 aliphatic heterocycles. The van der Waals surface area contributed by atoms with Crippen LogP contribution in [0.15, 0.2) is 11.1 Å². The number of amides is 1. The predicted molar refractivity (Wildman–Crippen MR) is 87.6 cm³/mol. The summed E-state index contributed by atoms with van der Waals surface area (Å²) in [5.41, 5.74) is 4.95. The Bertz CT molecular complexity index is 800. The maximum absolute atomic E-state index is 14.7. The average Bonchev–Trinajstić information content (AvgIpc) is 2.99. The molecule has 0 saturated carbocycles. The van der Waals surface area contributed by atoms with Gasteiger partial charge in [0.2, 0.25) is 11.9 Å². The fourth-order valence-electron chi connectivity index (χ4n) is 2.14. The maximum atomic E-state index is 14.7. The Morgan fingerprint density at radius 2 is 2.24 bits per heavy atom. The summed E-state index contributed by atoms with van der Waals surface area (Å²) in [5, 5.41) is 11.6. The van der Waals surface area contributed by atoms with E-state index in [4.69, 9.17) is 10.5 Å². The predicted octanol–water partition coefficient (Wildman–Crippen LogP) is -0.483. The molecule has 11 heteroatoms. The minimum absolute atomic E-state index is 0.0847. The Morgan fingerprint density at radius 3 is 2.80 bits per heavy atom. The van der Waals surface area contributed by atoms with Crippen LogP contribution in [0.4, 0.5) is 10.3 Å². The van der Waals surface area contributed by atoms with E-state index >= 15 is 0 Å². The van der Waals surface area contributed by atoms with Crippen LogP contribution in [0.5, 0.6) is 0 Å². The van der Waals surface area contributed by atoms with Crippen molar-refractivity contribution in [3.8, 4) is 0 Å². The molecule has 0 spiro atoms. The van der Waals surface area contributed by atoms with E-state index in [0.717, 1.165) is 10.9 Å². The number of aromatic nitrogens is 4. The van der Waals surface area contributed by atoms with Gasteiger partial charge in [0.25, 0.3) is 5.56 Å². The van der Waals surface area contributed by atoms with Crippen LogP contribution in [-0.4, -0.2) is 56.4 Å². The number of methoxy groups -OCH3 is 1. The van der Waals surface area contributed by atoms with Crippen molar-refractivity contribution < 1.29 is 19.0 Å². The minimum Gasteiger partial charge on any atom is -0.394 e. The third-order valence-corrected chi connectivity index (χ3v) is 3.69. The minimum atomic E-state index is -1.86. The Labute approximate surface area is 142 Å². The normalized spacial score (nSPS) is 15.3. The van der Waals surface area contributed by atoms with Gasteiger partial charge in [0.1, 0.15) is 0 Å². The number of aliphatic hydroxyl groups is 1. The summed E-state index contributed by atoms with van der Waals surface area (Å²) < 4.78 is 20.6. The fourth-order valence-corrected chi connectivity index (χ4v) is 2.14. The van der Waals surface area contributed by atoms with E-state index in [1.807, 2.05) is 0 Å². The summed E-state index contributed by atoms with van der Waals surface area (Å²) in [6.45, 7) is 2.87.